The molecule has 0 aliphatic carbocycles. The Morgan fingerprint density at radius 2 is 1.91 bits per heavy atom. The Balaban J connectivity index is 1.80. The van der Waals surface area contributed by atoms with Gasteiger partial charge in [-0.05, 0) is 48.9 Å². The van der Waals surface area contributed by atoms with Crippen molar-refractivity contribution < 1.29 is 18.7 Å². The lowest BCUT2D eigenvalue weighted by atomic mass is 10.2. The summed E-state index contributed by atoms with van der Waals surface area (Å²) < 4.78 is 24.1. The Morgan fingerprint density at radius 3 is 2.57 bits per heavy atom. The maximum atomic E-state index is 13.7. The van der Waals surface area contributed by atoms with Gasteiger partial charge in [0.1, 0.15) is 5.75 Å². The fourth-order valence-electron chi connectivity index (χ4n) is 1.86. The molecular weight excluding hydrogens is 321 g/mol. The highest BCUT2D eigenvalue weighted by atomic mass is 35.5. The first-order valence-corrected chi connectivity index (χ1v) is 7.52. The fraction of sp³-hybridized carbons (Fsp3) is 0.235. The molecule has 0 radical (unpaired) electrons. The van der Waals surface area contributed by atoms with Crippen LogP contribution in [0.4, 0.5) is 4.39 Å². The highest BCUT2D eigenvalue weighted by Crippen LogP contribution is 2.18. The van der Waals surface area contributed by atoms with Crippen molar-refractivity contribution in [2.45, 2.75) is 13.5 Å². The van der Waals surface area contributed by atoms with Gasteiger partial charge in [0, 0.05) is 11.6 Å². The van der Waals surface area contributed by atoms with Crippen LogP contribution in [-0.2, 0) is 11.3 Å². The normalized spacial score (nSPS) is 10.2. The van der Waals surface area contributed by atoms with E-state index in [1.807, 2.05) is 0 Å². The van der Waals surface area contributed by atoms with Crippen LogP contribution in [-0.4, -0.2) is 19.1 Å². The minimum atomic E-state index is -0.448. The zero-order chi connectivity index (χ0) is 16.7. The molecule has 0 aromatic heterocycles. The van der Waals surface area contributed by atoms with Crippen LogP contribution in [0.2, 0.25) is 5.02 Å². The van der Waals surface area contributed by atoms with Gasteiger partial charge in [0.2, 0.25) is 0 Å². The molecule has 0 aliphatic rings. The third-order valence-corrected chi connectivity index (χ3v) is 3.22. The first-order valence-electron chi connectivity index (χ1n) is 7.14. The van der Waals surface area contributed by atoms with Crippen LogP contribution >= 0.6 is 11.6 Å². The predicted molar refractivity (Wildman–Crippen MR) is 86.4 cm³/mol. The molecule has 6 heteroatoms. The van der Waals surface area contributed by atoms with Gasteiger partial charge in [-0.25, -0.2) is 4.39 Å². The van der Waals surface area contributed by atoms with Crippen LogP contribution in [0.15, 0.2) is 42.5 Å². The van der Waals surface area contributed by atoms with E-state index in [1.54, 1.807) is 43.3 Å². The summed E-state index contributed by atoms with van der Waals surface area (Å²) in [4.78, 5) is 11.7. The number of amides is 1. The Labute approximate surface area is 139 Å². The Morgan fingerprint density at radius 1 is 1.17 bits per heavy atom. The number of rotatable bonds is 7. The summed E-state index contributed by atoms with van der Waals surface area (Å²) in [5.41, 5.74) is 0.644. The average Bonchev–Trinajstić information content (AvgIpc) is 2.55. The van der Waals surface area contributed by atoms with Crippen molar-refractivity contribution in [2.75, 3.05) is 13.2 Å². The molecule has 2 aromatic rings. The van der Waals surface area contributed by atoms with Crippen LogP contribution in [0.5, 0.6) is 11.5 Å². The largest absolute Gasteiger partial charge is 0.491 e. The standard InChI is InChI=1S/C17H17ClFNO3/c1-2-22-16-8-3-12(9-15(16)19)10-20-17(21)11-23-14-6-4-13(18)5-7-14/h3-9H,2,10-11H2,1H3,(H,20,21). The van der Waals surface area contributed by atoms with E-state index in [-0.39, 0.29) is 24.8 Å². The van der Waals surface area contributed by atoms with E-state index in [1.165, 1.54) is 6.07 Å². The molecular formula is C17H17ClFNO3. The van der Waals surface area contributed by atoms with E-state index >= 15 is 0 Å². The van der Waals surface area contributed by atoms with Gasteiger partial charge in [0.05, 0.1) is 6.61 Å². The third kappa shape index (κ3) is 5.45. The second-order valence-corrected chi connectivity index (χ2v) is 5.15. The van der Waals surface area contributed by atoms with Crippen molar-refractivity contribution in [3.05, 3.63) is 58.9 Å². The maximum absolute atomic E-state index is 13.7. The second kappa shape index (κ2) is 8.39. The predicted octanol–water partition coefficient (Wildman–Crippen LogP) is 3.57. The van der Waals surface area contributed by atoms with Gasteiger partial charge in [0.25, 0.3) is 5.91 Å². The molecule has 122 valence electrons. The van der Waals surface area contributed by atoms with Crippen LogP contribution in [0.1, 0.15) is 12.5 Å². The summed E-state index contributed by atoms with van der Waals surface area (Å²) >= 11 is 5.76. The molecule has 4 nitrogen and oxygen atoms in total. The molecule has 0 saturated carbocycles. The summed E-state index contributed by atoms with van der Waals surface area (Å²) in [6.07, 6.45) is 0. The number of ether oxygens (including phenoxy) is 2. The monoisotopic (exact) mass is 337 g/mol. The van der Waals surface area contributed by atoms with E-state index in [0.29, 0.717) is 22.9 Å². The first kappa shape index (κ1) is 17.1. The summed E-state index contributed by atoms with van der Waals surface area (Å²) in [6, 6.07) is 11.3. The van der Waals surface area contributed by atoms with Gasteiger partial charge in [-0.3, -0.25) is 4.79 Å². The van der Waals surface area contributed by atoms with Gasteiger partial charge >= 0.3 is 0 Å². The van der Waals surface area contributed by atoms with Gasteiger partial charge < -0.3 is 14.8 Å². The number of hydrogen-bond acceptors (Lipinski definition) is 3. The SMILES string of the molecule is CCOc1ccc(CNC(=O)COc2ccc(Cl)cc2)cc1F. The number of halogens is 2. The van der Waals surface area contributed by atoms with Crippen molar-refractivity contribution in [3.8, 4) is 11.5 Å². The van der Waals surface area contributed by atoms with E-state index in [0.717, 1.165) is 0 Å². The van der Waals surface area contributed by atoms with Crippen LogP contribution in [0, 0.1) is 5.82 Å². The second-order valence-electron chi connectivity index (χ2n) is 4.72. The fourth-order valence-corrected chi connectivity index (χ4v) is 1.98. The average molecular weight is 338 g/mol. The molecule has 2 rings (SSSR count). The summed E-state index contributed by atoms with van der Waals surface area (Å²) in [5, 5.41) is 3.26. The molecule has 0 atom stereocenters. The van der Waals surface area contributed by atoms with Crippen LogP contribution < -0.4 is 14.8 Å². The number of carbonyl (C=O) groups is 1. The van der Waals surface area contributed by atoms with E-state index in [2.05, 4.69) is 5.32 Å². The highest BCUT2D eigenvalue weighted by Gasteiger charge is 2.06. The molecule has 0 aliphatic heterocycles. The lowest BCUT2D eigenvalue weighted by molar-refractivity contribution is -0.123. The number of benzene rings is 2. The van der Waals surface area contributed by atoms with Crippen molar-refractivity contribution in [2.24, 2.45) is 0 Å². The number of nitrogens with one attached hydrogen (secondary N) is 1. The van der Waals surface area contributed by atoms with Gasteiger partial charge in [-0.1, -0.05) is 17.7 Å². The Bertz CT molecular complexity index is 661. The minimum Gasteiger partial charge on any atom is -0.491 e. The zero-order valence-electron chi connectivity index (χ0n) is 12.6. The van der Waals surface area contributed by atoms with E-state index in [9.17, 15) is 9.18 Å². The Kier molecular flexibility index (Phi) is 6.23. The highest BCUT2D eigenvalue weighted by molar-refractivity contribution is 6.30. The molecule has 0 saturated heterocycles. The van der Waals surface area contributed by atoms with E-state index in [4.69, 9.17) is 21.1 Å². The van der Waals surface area contributed by atoms with Crippen molar-refractivity contribution in [3.63, 3.8) is 0 Å². The van der Waals surface area contributed by atoms with Gasteiger partial charge in [0.15, 0.2) is 18.2 Å². The van der Waals surface area contributed by atoms with Crippen LogP contribution in [0.25, 0.3) is 0 Å². The molecule has 0 spiro atoms. The topological polar surface area (TPSA) is 47.6 Å². The molecule has 0 bridgehead atoms. The lowest BCUT2D eigenvalue weighted by Gasteiger charge is -2.09. The molecule has 1 amide bonds. The van der Waals surface area contributed by atoms with Crippen molar-refractivity contribution in [1.29, 1.82) is 0 Å². The zero-order valence-corrected chi connectivity index (χ0v) is 13.4. The van der Waals surface area contributed by atoms with Gasteiger partial charge in [-0.2, -0.15) is 0 Å². The van der Waals surface area contributed by atoms with Gasteiger partial charge in [-0.15, -0.1) is 0 Å². The number of carbonyl (C=O) groups excluding carboxylic acids is 1. The van der Waals surface area contributed by atoms with Crippen LogP contribution in [0.3, 0.4) is 0 Å². The molecule has 23 heavy (non-hydrogen) atoms. The Hall–Kier alpha value is -2.27. The van der Waals surface area contributed by atoms with E-state index < -0.39 is 5.82 Å². The first-order chi connectivity index (χ1) is 11.1. The molecule has 0 fully saturated rings. The van der Waals surface area contributed by atoms with Crippen molar-refractivity contribution in [1.82, 2.24) is 5.32 Å². The summed E-state index contributed by atoms with van der Waals surface area (Å²) in [5.74, 6) is 0.00978. The molecule has 0 heterocycles. The smallest absolute Gasteiger partial charge is 0.258 e. The minimum absolute atomic E-state index is 0.124. The quantitative estimate of drug-likeness (QED) is 0.840. The number of hydrogen-bond donors (Lipinski definition) is 1. The van der Waals surface area contributed by atoms with Crippen molar-refractivity contribution >= 4 is 17.5 Å². The summed E-state index contributed by atoms with van der Waals surface area (Å²) in [7, 11) is 0. The lowest BCUT2D eigenvalue weighted by Crippen LogP contribution is -2.28. The summed E-state index contributed by atoms with van der Waals surface area (Å²) in [6.45, 7) is 2.27. The molecule has 0 unspecified atom stereocenters. The third-order valence-electron chi connectivity index (χ3n) is 2.97. The molecule has 2 aromatic carbocycles. The maximum Gasteiger partial charge on any atom is 0.258 e. The molecule has 1 N–H and O–H groups in total.